The molecule has 0 fully saturated rings. The average Bonchev–Trinajstić information content (AvgIpc) is 2.72. The Morgan fingerprint density at radius 2 is 1.87 bits per heavy atom. The van der Waals surface area contributed by atoms with Gasteiger partial charge in [0.1, 0.15) is 11.4 Å². The van der Waals surface area contributed by atoms with Gasteiger partial charge in [-0.25, -0.2) is 4.99 Å². The molecule has 3 rings (SSSR count). The van der Waals surface area contributed by atoms with Crippen LogP contribution in [0.3, 0.4) is 0 Å². The maximum atomic E-state index is 12.0. The SMILES string of the molecule is CN1C(=O)c2ccc(N=C(N)c3c(Cl)cc[nH]c3=O)cc2C1=O. The Hall–Kier alpha value is -2.93. The molecule has 2 heterocycles. The Morgan fingerprint density at radius 1 is 1.17 bits per heavy atom. The zero-order valence-corrected chi connectivity index (χ0v) is 12.7. The van der Waals surface area contributed by atoms with Crippen LogP contribution < -0.4 is 11.3 Å². The number of hydrogen-bond donors (Lipinski definition) is 2. The number of halogens is 1. The third-order valence-corrected chi connectivity index (χ3v) is 3.80. The van der Waals surface area contributed by atoms with Crippen molar-refractivity contribution in [3.8, 4) is 0 Å². The molecule has 0 unspecified atom stereocenters. The molecule has 1 aliphatic heterocycles. The van der Waals surface area contributed by atoms with Crippen LogP contribution >= 0.6 is 11.6 Å². The molecule has 1 aliphatic rings. The first-order valence-corrected chi connectivity index (χ1v) is 6.96. The Morgan fingerprint density at radius 3 is 2.57 bits per heavy atom. The average molecular weight is 331 g/mol. The van der Waals surface area contributed by atoms with Gasteiger partial charge in [-0.05, 0) is 24.3 Å². The minimum Gasteiger partial charge on any atom is -0.383 e. The van der Waals surface area contributed by atoms with Crippen LogP contribution in [0.4, 0.5) is 5.69 Å². The molecule has 0 bridgehead atoms. The maximum absolute atomic E-state index is 12.0. The van der Waals surface area contributed by atoms with E-state index in [1.165, 1.54) is 31.4 Å². The summed E-state index contributed by atoms with van der Waals surface area (Å²) in [5.41, 5.74) is 6.33. The van der Waals surface area contributed by atoms with Crippen molar-refractivity contribution in [1.82, 2.24) is 9.88 Å². The number of nitrogens with two attached hydrogens (primary N) is 1. The molecule has 0 radical (unpaired) electrons. The van der Waals surface area contributed by atoms with Gasteiger partial charge in [-0.3, -0.25) is 19.3 Å². The predicted octanol–water partition coefficient (Wildman–Crippen LogP) is 1.29. The lowest BCUT2D eigenvalue weighted by Crippen LogP contribution is -2.24. The maximum Gasteiger partial charge on any atom is 0.261 e. The summed E-state index contributed by atoms with van der Waals surface area (Å²) < 4.78 is 0. The number of amidine groups is 1. The molecule has 0 saturated heterocycles. The van der Waals surface area contributed by atoms with E-state index < -0.39 is 11.5 Å². The van der Waals surface area contributed by atoms with Gasteiger partial charge in [0.25, 0.3) is 17.4 Å². The predicted molar refractivity (Wildman–Crippen MR) is 85.3 cm³/mol. The summed E-state index contributed by atoms with van der Waals surface area (Å²) in [6.45, 7) is 0. The number of nitrogens with zero attached hydrogens (tertiary/aromatic N) is 2. The van der Waals surface area contributed by atoms with Crippen LogP contribution in [-0.2, 0) is 0 Å². The third-order valence-electron chi connectivity index (χ3n) is 3.49. The summed E-state index contributed by atoms with van der Waals surface area (Å²) in [6, 6.07) is 5.99. The molecular weight excluding hydrogens is 320 g/mol. The smallest absolute Gasteiger partial charge is 0.261 e. The highest BCUT2D eigenvalue weighted by Crippen LogP contribution is 2.26. The molecule has 0 spiro atoms. The fraction of sp³-hybridized carbons (Fsp3) is 0.0667. The number of rotatable bonds is 2. The second-order valence-corrected chi connectivity index (χ2v) is 5.33. The van der Waals surface area contributed by atoms with E-state index >= 15 is 0 Å². The fourth-order valence-corrected chi connectivity index (χ4v) is 2.55. The molecule has 2 aromatic rings. The number of H-pyrrole nitrogens is 1. The molecule has 3 N–H and O–H groups in total. The van der Waals surface area contributed by atoms with Gasteiger partial charge in [0.15, 0.2) is 0 Å². The number of aromatic amines is 1. The minimum absolute atomic E-state index is 0.0502. The molecule has 116 valence electrons. The normalized spacial score (nSPS) is 14.3. The van der Waals surface area contributed by atoms with Gasteiger partial charge in [0.2, 0.25) is 0 Å². The van der Waals surface area contributed by atoms with Crippen LogP contribution in [-0.4, -0.2) is 34.6 Å². The van der Waals surface area contributed by atoms with Gasteiger partial charge in [0.05, 0.1) is 21.8 Å². The number of fused-ring (bicyclic) bond motifs is 1. The van der Waals surface area contributed by atoms with Gasteiger partial charge >= 0.3 is 0 Å². The Balaban J connectivity index is 2.07. The number of hydrogen-bond acceptors (Lipinski definition) is 4. The number of nitrogens with one attached hydrogen (secondary N) is 1. The number of benzene rings is 1. The van der Waals surface area contributed by atoms with E-state index in [0.29, 0.717) is 11.3 Å². The first-order valence-electron chi connectivity index (χ1n) is 6.58. The molecular formula is C15H11ClN4O3. The number of carbonyl (C=O) groups is 2. The molecule has 0 aliphatic carbocycles. The summed E-state index contributed by atoms with van der Waals surface area (Å²) in [4.78, 5) is 43.2. The van der Waals surface area contributed by atoms with Crippen molar-refractivity contribution in [3.63, 3.8) is 0 Å². The highest BCUT2D eigenvalue weighted by Gasteiger charge is 2.32. The fourth-order valence-electron chi connectivity index (χ4n) is 2.31. The monoisotopic (exact) mass is 330 g/mol. The topological polar surface area (TPSA) is 109 Å². The van der Waals surface area contributed by atoms with Crippen molar-refractivity contribution in [2.24, 2.45) is 10.7 Å². The van der Waals surface area contributed by atoms with Gasteiger partial charge in [0, 0.05) is 13.2 Å². The number of imide groups is 1. The number of aromatic nitrogens is 1. The lowest BCUT2D eigenvalue weighted by Gasteiger charge is -2.03. The minimum atomic E-state index is -0.467. The Kier molecular flexibility index (Phi) is 3.49. The van der Waals surface area contributed by atoms with E-state index in [2.05, 4.69) is 9.98 Å². The van der Waals surface area contributed by atoms with Crippen LogP contribution in [0.2, 0.25) is 5.02 Å². The van der Waals surface area contributed by atoms with Gasteiger partial charge in [-0.2, -0.15) is 0 Å². The number of pyridine rings is 1. The molecule has 7 nitrogen and oxygen atoms in total. The van der Waals surface area contributed by atoms with Crippen molar-refractivity contribution < 1.29 is 9.59 Å². The molecule has 1 aromatic carbocycles. The summed E-state index contributed by atoms with van der Waals surface area (Å²) in [5, 5.41) is 0.169. The van der Waals surface area contributed by atoms with Crippen LogP contribution in [0, 0.1) is 0 Å². The molecule has 0 saturated carbocycles. The van der Waals surface area contributed by atoms with Crippen LogP contribution in [0.15, 0.2) is 40.2 Å². The second kappa shape index (κ2) is 5.36. The number of amides is 2. The quantitative estimate of drug-likeness (QED) is 0.491. The zero-order chi connectivity index (χ0) is 16.7. The second-order valence-electron chi connectivity index (χ2n) is 4.93. The summed E-state index contributed by atoms with van der Waals surface area (Å²) in [6.07, 6.45) is 1.40. The van der Waals surface area contributed by atoms with Crippen LogP contribution in [0.5, 0.6) is 0 Å². The molecule has 23 heavy (non-hydrogen) atoms. The van der Waals surface area contributed by atoms with Gasteiger partial charge < -0.3 is 10.7 Å². The van der Waals surface area contributed by atoms with Crippen molar-refractivity contribution >= 4 is 34.9 Å². The lowest BCUT2D eigenvalue weighted by atomic mass is 10.1. The van der Waals surface area contributed by atoms with E-state index in [9.17, 15) is 14.4 Å². The van der Waals surface area contributed by atoms with Gasteiger partial charge in [-0.15, -0.1) is 0 Å². The summed E-state index contributed by atoms with van der Waals surface area (Å²) in [7, 11) is 1.41. The van der Waals surface area contributed by atoms with Crippen molar-refractivity contribution in [2.75, 3.05) is 7.05 Å². The van der Waals surface area contributed by atoms with E-state index in [0.717, 1.165) is 4.90 Å². The van der Waals surface area contributed by atoms with Crippen molar-refractivity contribution in [3.05, 3.63) is 62.5 Å². The van der Waals surface area contributed by atoms with Crippen LogP contribution in [0.25, 0.3) is 0 Å². The zero-order valence-electron chi connectivity index (χ0n) is 12.0. The standard InChI is InChI=1S/C15H11ClN4O3/c1-20-14(22)8-3-2-7(6-9(8)15(20)23)19-12(17)11-10(16)4-5-18-13(11)21/h2-6H,1H3,(H2,17,19)(H,18,21). The largest absolute Gasteiger partial charge is 0.383 e. The lowest BCUT2D eigenvalue weighted by molar-refractivity contribution is 0.0693. The van der Waals surface area contributed by atoms with Crippen molar-refractivity contribution in [1.29, 1.82) is 0 Å². The first kappa shape index (κ1) is 15.0. The molecule has 2 amide bonds. The van der Waals surface area contributed by atoms with Crippen molar-refractivity contribution in [2.45, 2.75) is 0 Å². The first-order chi connectivity index (χ1) is 10.9. The molecule has 1 aromatic heterocycles. The highest BCUT2D eigenvalue weighted by atomic mass is 35.5. The van der Waals surface area contributed by atoms with Gasteiger partial charge in [-0.1, -0.05) is 11.6 Å². The Bertz CT molecular complexity index is 933. The van der Waals surface area contributed by atoms with E-state index in [-0.39, 0.29) is 27.9 Å². The van der Waals surface area contributed by atoms with Crippen LogP contribution in [0.1, 0.15) is 26.3 Å². The molecule has 8 heteroatoms. The summed E-state index contributed by atoms with van der Waals surface area (Å²) in [5.74, 6) is -0.853. The number of aliphatic imine (C=N–C) groups is 1. The van der Waals surface area contributed by atoms with E-state index in [1.807, 2.05) is 0 Å². The summed E-state index contributed by atoms with van der Waals surface area (Å²) >= 11 is 5.96. The number of carbonyl (C=O) groups excluding carboxylic acids is 2. The van der Waals surface area contributed by atoms with E-state index in [1.54, 1.807) is 6.07 Å². The Labute approximate surface area is 135 Å². The van der Waals surface area contributed by atoms with E-state index in [4.69, 9.17) is 17.3 Å². The highest BCUT2D eigenvalue weighted by molar-refractivity contribution is 6.34. The third kappa shape index (κ3) is 2.40. The molecule has 0 atom stereocenters.